The molecule has 2 aromatic rings. The summed E-state index contributed by atoms with van der Waals surface area (Å²) in [6, 6.07) is 14.6. The zero-order valence-corrected chi connectivity index (χ0v) is 11.8. The lowest BCUT2D eigenvalue weighted by Crippen LogP contribution is -2.23. The molecule has 20 heavy (non-hydrogen) atoms. The number of benzene rings is 2. The first-order valence-electron chi connectivity index (χ1n) is 6.20. The first kappa shape index (κ1) is 14.2. The van der Waals surface area contributed by atoms with Gasteiger partial charge in [0.05, 0.1) is 0 Å². The van der Waals surface area contributed by atoms with Crippen molar-refractivity contribution in [3.05, 3.63) is 70.9 Å². The van der Waals surface area contributed by atoms with Crippen LogP contribution in [0.3, 0.4) is 0 Å². The van der Waals surface area contributed by atoms with Crippen molar-refractivity contribution in [1.29, 1.82) is 0 Å². The summed E-state index contributed by atoms with van der Waals surface area (Å²) in [5.41, 5.74) is 2.92. The number of halogens is 1. The van der Waals surface area contributed by atoms with Gasteiger partial charge in [-0.15, -0.1) is 0 Å². The Balaban J connectivity index is 1.89. The van der Waals surface area contributed by atoms with Crippen LogP contribution >= 0.6 is 11.6 Å². The summed E-state index contributed by atoms with van der Waals surface area (Å²) < 4.78 is 0. The third-order valence-corrected chi connectivity index (χ3v) is 3.02. The molecule has 0 fully saturated rings. The molecule has 0 radical (unpaired) electrons. The molecule has 0 aliphatic rings. The van der Waals surface area contributed by atoms with Gasteiger partial charge >= 0.3 is 6.03 Å². The molecule has 2 rings (SSSR count). The molecule has 2 amide bonds. The topological polar surface area (TPSA) is 41.1 Å². The minimum Gasteiger partial charge on any atom is -0.314 e. The summed E-state index contributed by atoms with van der Waals surface area (Å²) in [7, 11) is 0. The van der Waals surface area contributed by atoms with E-state index in [1.165, 1.54) is 0 Å². The molecular formula is C16H15ClN2O. The summed E-state index contributed by atoms with van der Waals surface area (Å²) in [5.74, 6) is 0. The quantitative estimate of drug-likeness (QED) is 0.860. The van der Waals surface area contributed by atoms with Crippen molar-refractivity contribution >= 4 is 29.4 Å². The number of hydrogen-bond acceptors (Lipinski definition) is 1. The summed E-state index contributed by atoms with van der Waals surface area (Å²) in [6.45, 7) is 2.02. The van der Waals surface area contributed by atoms with Crippen molar-refractivity contribution < 1.29 is 4.79 Å². The number of amides is 2. The molecule has 102 valence electrons. The Kier molecular flexibility index (Phi) is 4.80. The SMILES string of the molecule is Cc1ccccc1/C=C/NC(=O)Nc1ccc(Cl)cc1. The zero-order valence-electron chi connectivity index (χ0n) is 11.1. The number of rotatable bonds is 3. The van der Waals surface area contributed by atoms with Crippen LogP contribution in [0.15, 0.2) is 54.7 Å². The molecule has 0 aromatic heterocycles. The number of anilines is 1. The molecular weight excluding hydrogens is 272 g/mol. The summed E-state index contributed by atoms with van der Waals surface area (Å²) in [5, 5.41) is 6.00. The van der Waals surface area contributed by atoms with E-state index in [0.717, 1.165) is 11.1 Å². The Bertz CT molecular complexity index is 621. The van der Waals surface area contributed by atoms with Gasteiger partial charge in [-0.1, -0.05) is 35.9 Å². The number of nitrogens with one attached hydrogen (secondary N) is 2. The molecule has 0 unspecified atom stereocenters. The molecule has 0 atom stereocenters. The highest BCUT2D eigenvalue weighted by atomic mass is 35.5. The van der Waals surface area contributed by atoms with Gasteiger partial charge in [-0.25, -0.2) is 4.79 Å². The Labute approximate surface area is 123 Å². The van der Waals surface area contributed by atoms with Gasteiger partial charge in [-0.05, 0) is 48.4 Å². The second-order valence-corrected chi connectivity index (χ2v) is 4.73. The Morgan fingerprint density at radius 3 is 2.50 bits per heavy atom. The van der Waals surface area contributed by atoms with Crippen LogP contribution in [0.5, 0.6) is 0 Å². The molecule has 0 aliphatic carbocycles. The van der Waals surface area contributed by atoms with Crippen LogP contribution in [-0.4, -0.2) is 6.03 Å². The molecule has 3 nitrogen and oxygen atoms in total. The predicted molar refractivity (Wildman–Crippen MR) is 83.8 cm³/mol. The highest BCUT2D eigenvalue weighted by molar-refractivity contribution is 6.30. The molecule has 2 N–H and O–H groups in total. The molecule has 0 saturated heterocycles. The Morgan fingerprint density at radius 1 is 1.10 bits per heavy atom. The maximum absolute atomic E-state index is 11.7. The van der Waals surface area contributed by atoms with Crippen molar-refractivity contribution in [2.75, 3.05) is 5.32 Å². The van der Waals surface area contributed by atoms with Gasteiger partial charge < -0.3 is 10.6 Å². The van der Waals surface area contributed by atoms with E-state index in [9.17, 15) is 4.79 Å². The van der Waals surface area contributed by atoms with Crippen LogP contribution in [0.4, 0.5) is 10.5 Å². The van der Waals surface area contributed by atoms with Crippen molar-refractivity contribution in [3.63, 3.8) is 0 Å². The third-order valence-electron chi connectivity index (χ3n) is 2.77. The van der Waals surface area contributed by atoms with Crippen molar-refractivity contribution in [3.8, 4) is 0 Å². The summed E-state index contributed by atoms with van der Waals surface area (Å²) in [4.78, 5) is 11.7. The largest absolute Gasteiger partial charge is 0.323 e. The number of hydrogen-bond donors (Lipinski definition) is 2. The van der Waals surface area contributed by atoms with Gasteiger partial charge in [0.25, 0.3) is 0 Å². The van der Waals surface area contributed by atoms with E-state index in [1.54, 1.807) is 30.5 Å². The van der Waals surface area contributed by atoms with E-state index >= 15 is 0 Å². The van der Waals surface area contributed by atoms with Crippen molar-refractivity contribution in [2.24, 2.45) is 0 Å². The third kappa shape index (κ3) is 4.14. The van der Waals surface area contributed by atoms with E-state index in [0.29, 0.717) is 10.7 Å². The lowest BCUT2D eigenvalue weighted by Gasteiger charge is -2.04. The second-order valence-electron chi connectivity index (χ2n) is 4.30. The van der Waals surface area contributed by atoms with Gasteiger partial charge in [0.15, 0.2) is 0 Å². The standard InChI is InChI=1S/C16H15ClN2O/c1-12-4-2-3-5-13(12)10-11-18-16(20)19-15-8-6-14(17)7-9-15/h2-11H,1H3,(H2,18,19,20)/b11-10+. The van der Waals surface area contributed by atoms with E-state index in [2.05, 4.69) is 10.6 Å². The molecule has 0 spiro atoms. The van der Waals surface area contributed by atoms with Gasteiger partial charge in [-0.2, -0.15) is 0 Å². The molecule has 2 aromatic carbocycles. The maximum atomic E-state index is 11.7. The maximum Gasteiger partial charge on any atom is 0.323 e. The first-order chi connectivity index (χ1) is 9.65. The van der Waals surface area contributed by atoms with Crippen LogP contribution in [0.25, 0.3) is 6.08 Å². The molecule has 4 heteroatoms. The van der Waals surface area contributed by atoms with E-state index in [-0.39, 0.29) is 6.03 Å². The van der Waals surface area contributed by atoms with Crippen LogP contribution in [0, 0.1) is 6.92 Å². The smallest absolute Gasteiger partial charge is 0.314 e. The van der Waals surface area contributed by atoms with Gasteiger partial charge in [0.1, 0.15) is 0 Å². The highest BCUT2D eigenvalue weighted by Crippen LogP contribution is 2.13. The van der Waals surface area contributed by atoms with Crippen molar-refractivity contribution in [2.45, 2.75) is 6.92 Å². The first-order valence-corrected chi connectivity index (χ1v) is 6.58. The number of aryl methyl sites for hydroxylation is 1. The van der Waals surface area contributed by atoms with E-state index in [1.807, 2.05) is 37.3 Å². The average molecular weight is 287 g/mol. The van der Waals surface area contributed by atoms with E-state index in [4.69, 9.17) is 11.6 Å². The lowest BCUT2D eigenvalue weighted by molar-refractivity contribution is 0.255. The average Bonchev–Trinajstić information content (AvgIpc) is 2.43. The number of urea groups is 1. The molecule has 0 heterocycles. The second kappa shape index (κ2) is 6.78. The zero-order chi connectivity index (χ0) is 14.4. The predicted octanol–water partition coefficient (Wildman–Crippen LogP) is 4.44. The van der Waals surface area contributed by atoms with Crippen LogP contribution in [-0.2, 0) is 0 Å². The van der Waals surface area contributed by atoms with Gasteiger partial charge in [0.2, 0.25) is 0 Å². The normalized spacial score (nSPS) is 10.5. The molecule has 0 bridgehead atoms. The molecule has 0 saturated carbocycles. The van der Waals surface area contributed by atoms with Gasteiger partial charge in [-0.3, -0.25) is 0 Å². The minimum absolute atomic E-state index is 0.294. The van der Waals surface area contributed by atoms with Crippen molar-refractivity contribution in [1.82, 2.24) is 5.32 Å². The highest BCUT2D eigenvalue weighted by Gasteiger charge is 1.98. The fourth-order valence-electron chi connectivity index (χ4n) is 1.68. The Morgan fingerprint density at radius 2 is 1.80 bits per heavy atom. The fourth-order valence-corrected chi connectivity index (χ4v) is 1.81. The monoisotopic (exact) mass is 286 g/mol. The molecule has 0 aliphatic heterocycles. The lowest BCUT2D eigenvalue weighted by atomic mass is 10.1. The summed E-state index contributed by atoms with van der Waals surface area (Å²) in [6.07, 6.45) is 3.48. The minimum atomic E-state index is -0.294. The summed E-state index contributed by atoms with van der Waals surface area (Å²) >= 11 is 5.77. The van der Waals surface area contributed by atoms with E-state index < -0.39 is 0 Å². The number of carbonyl (C=O) groups excluding carboxylic acids is 1. The van der Waals surface area contributed by atoms with Crippen LogP contribution in [0.1, 0.15) is 11.1 Å². The van der Waals surface area contributed by atoms with Gasteiger partial charge in [0, 0.05) is 16.9 Å². The van der Waals surface area contributed by atoms with Crippen LogP contribution < -0.4 is 10.6 Å². The fraction of sp³-hybridized carbons (Fsp3) is 0.0625. The Hall–Kier alpha value is -2.26. The van der Waals surface area contributed by atoms with Crippen LogP contribution in [0.2, 0.25) is 5.02 Å². The number of carbonyl (C=O) groups is 1.